The number of aromatic nitrogens is 3. The molecule has 0 bridgehead atoms. The maximum Gasteiger partial charge on any atom is 0.313 e. The van der Waals surface area contributed by atoms with Gasteiger partial charge < -0.3 is 9.67 Å². The summed E-state index contributed by atoms with van der Waals surface area (Å²) < 4.78 is 26.3. The Morgan fingerprint density at radius 1 is 1.43 bits per heavy atom. The minimum Gasteiger partial charge on any atom is -0.481 e. The molecule has 0 amide bonds. The minimum absolute atomic E-state index is 0.0855. The lowest BCUT2D eigenvalue weighted by Crippen LogP contribution is -2.24. The van der Waals surface area contributed by atoms with Gasteiger partial charge in [0.15, 0.2) is 5.16 Å². The molecule has 0 aromatic carbocycles. The van der Waals surface area contributed by atoms with Crippen molar-refractivity contribution in [3.05, 3.63) is 5.82 Å². The molecule has 2 N–H and O–H groups in total. The van der Waals surface area contributed by atoms with Gasteiger partial charge in [-0.2, -0.15) is 0 Å². The van der Waals surface area contributed by atoms with Crippen molar-refractivity contribution >= 4 is 27.8 Å². The molecule has 8 nitrogen and oxygen atoms in total. The molecule has 0 unspecified atom stereocenters. The zero-order valence-corrected chi connectivity index (χ0v) is 13.9. The number of carbonyl (C=O) groups is 1. The molecule has 120 valence electrons. The molecule has 1 heterocycles. The molecular weight excluding hydrogens is 316 g/mol. The fourth-order valence-corrected chi connectivity index (χ4v) is 2.87. The molecule has 1 aromatic rings. The van der Waals surface area contributed by atoms with Crippen LogP contribution < -0.4 is 4.72 Å². The second kappa shape index (κ2) is 7.76. The first-order valence-corrected chi connectivity index (χ1v) is 9.30. The van der Waals surface area contributed by atoms with Gasteiger partial charge in [0.2, 0.25) is 10.0 Å². The third-order valence-electron chi connectivity index (χ3n) is 2.51. The number of thioether (sulfide) groups is 1. The summed E-state index contributed by atoms with van der Waals surface area (Å²) >= 11 is 1.11. The van der Waals surface area contributed by atoms with Gasteiger partial charge in [0.25, 0.3) is 0 Å². The van der Waals surface area contributed by atoms with E-state index in [0.29, 0.717) is 24.7 Å². The number of carboxylic acids is 1. The molecule has 10 heteroatoms. The van der Waals surface area contributed by atoms with E-state index in [1.54, 1.807) is 0 Å². The number of hydrogen-bond acceptors (Lipinski definition) is 6. The van der Waals surface area contributed by atoms with Crippen molar-refractivity contribution in [1.82, 2.24) is 19.5 Å². The largest absolute Gasteiger partial charge is 0.481 e. The molecule has 0 radical (unpaired) electrons. The lowest BCUT2D eigenvalue weighted by Gasteiger charge is -2.11. The second-order valence-corrected chi connectivity index (χ2v) is 7.63. The highest BCUT2D eigenvalue weighted by atomic mass is 32.2. The lowest BCUT2D eigenvalue weighted by atomic mass is 10.2. The summed E-state index contributed by atoms with van der Waals surface area (Å²) in [5, 5.41) is 17.4. The van der Waals surface area contributed by atoms with E-state index >= 15 is 0 Å². The van der Waals surface area contributed by atoms with Crippen molar-refractivity contribution in [1.29, 1.82) is 0 Å². The van der Waals surface area contributed by atoms with Crippen molar-refractivity contribution in [2.45, 2.75) is 37.9 Å². The molecule has 0 fully saturated rings. The summed E-state index contributed by atoms with van der Waals surface area (Å²) in [6.07, 6.45) is 1.69. The second-order valence-electron chi connectivity index (χ2n) is 4.85. The summed E-state index contributed by atoms with van der Waals surface area (Å²) in [6, 6.07) is 0. The molecule has 0 spiro atoms. The van der Waals surface area contributed by atoms with E-state index in [0.717, 1.165) is 23.8 Å². The highest BCUT2D eigenvalue weighted by Gasteiger charge is 2.16. The van der Waals surface area contributed by atoms with Crippen molar-refractivity contribution in [3.8, 4) is 0 Å². The van der Waals surface area contributed by atoms with Crippen LogP contribution in [-0.2, 0) is 21.4 Å². The van der Waals surface area contributed by atoms with E-state index in [1.165, 1.54) is 0 Å². The Hall–Kier alpha value is -1.13. The molecule has 1 aromatic heterocycles. The Labute approximate surface area is 128 Å². The smallest absolute Gasteiger partial charge is 0.313 e. The van der Waals surface area contributed by atoms with Gasteiger partial charge >= 0.3 is 5.97 Å². The predicted octanol–water partition coefficient (Wildman–Crippen LogP) is 0.517. The van der Waals surface area contributed by atoms with E-state index in [9.17, 15) is 13.2 Å². The van der Waals surface area contributed by atoms with Gasteiger partial charge in [0.05, 0.1) is 12.0 Å². The van der Waals surface area contributed by atoms with Crippen LogP contribution in [-0.4, -0.2) is 52.8 Å². The third kappa shape index (κ3) is 6.44. The normalized spacial score (nSPS) is 12.0. The van der Waals surface area contributed by atoms with Crippen LogP contribution in [0.4, 0.5) is 0 Å². The average Bonchev–Trinajstić information content (AvgIpc) is 2.74. The Balaban J connectivity index is 2.72. The molecule has 0 aliphatic carbocycles. The van der Waals surface area contributed by atoms with Crippen LogP contribution >= 0.6 is 11.8 Å². The van der Waals surface area contributed by atoms with Crippen LogP contribution in [0.2, 0.25) is 0 Å². The molecule has 0 saturated heterocycles. The van der Waals surface area contributed by atoms with Gasteiger partial charge in [-0.15, -0.1) is 10.2 Å². The number of sulfonamides is 1. The molecule has 0 aliphatic rings. The number of aliphatic carboxylic acids is 1. The number of nitrogens with one attached hydrogen (secondary N) is 1. The number of carboxylic acid groups (broad SMARTS) is 1. The Morgan fingerprint density at radius 2 is 2.10 bits per heavy atom. The van der Waals surface area contributed by atoms with Crippen molar-refractivity contribution in [2.75, 3.05) is 18.6 Å². The summed E-state index contributed by atoms with van der Waals surface area (Å²) in [6.45, 7) is 4.80. The summed E-state index contributed by atoms with van der Waals surface area (Å²) in [7, 11) is -3.20. The van der Waals surface area contributed by atoms with Crippen LogP contribution in [0.15, 0.2) is 5.16 Å². The molecule has 0 aliphatic heterocycles. The van der Waals surface area contributed by atoms with Crippen LogP contribution in [0.3, 0.4) is 0 Å². The van der Waals surface area contributed by atoms with E-state index in [4.69, 9.17) is 5.11 Å². The first kappa shape index (κ1) is 17.9. The fourth-order valence-electron chi connectivity index (χ4n) is 1.67. The van der Waals surface area contributed by atoms with Crippen LogP contribution in [0.5, 0.6) is 0 Å². The van der Waals surface area contributed by atoms with Crippen molar-refractivity contribution in [3.63, 3.8) is 0 Å². The third-order valence-corrected chi connectivity index (χ3v) is 4.19. The SMILES string of the molecule is CC(C)c1nnc(SCC(=O)O)n1CCCNS(C)(=O)=O. The lowest BCUT2D eigenvalue weighted by molar-refractivity contribution is -0.133. The van der Waals surface area contributed by atoms with Crippen LogP contribution in [0.1, 0.15) is 32.0 Å². The van der Waals surface area contributed by atoms with Crippen LogP contribution in [0.25, 0.3) is 0 Å². The summed E-state index contributed by atoms with van der Waals surface area (Å²) in [5.74, 6) is -0.0844. The maximum atomic E-state index is 11.0. The first-order valence-electron chi connectivity index (χ1n) is 6.43. The predicted molar refractivity (Wildman–Crippen MR) is 79.9 cm³/mol. The van der Waals surface area contributed by atoms with E-state index in [1.807, 2.05) is 18.4 Å². The zero-order chi connectivity index (χ0) is 16.0. The topological polar surface area (TPSA) is 114 Å². The Kier molecular flexibility index (Phi) is 6.62. The summed E-state index contributed by atoms with van der Waals surface area (Å²) in [5.41, 5.74) is 0. The van der Waals surface area contributed by atoms with Gasteiger partial charge in [0.1, 0.15) is 5.82 Å². The highest BCUT2D eigenvalue weighted by Crippen LogP contribution is 2.21. The standard InChI is InChI=1S/C11H20N4O4S2/c1-8(2)10-13-14-11(20-7-9(16)17)15(10)6-4-5-12-21(3,18)19/h8,12H,4-7H2,1-3H3,(H,16,17). The van der Waals surface area contributed by atoms with Gasteiger partial charge in [-0.1, -0.05) is 25.6 Å². The quantitative estimate of drug-likeness (QED) is 0.499. The summed E-state index contributed by atoms with van der Waals surface area (Å²) in [4.78, 5) is 10.6. The minimum atomic E-state index is -3.20. The molecule has 0 atom stereocenters. The van der Waals surface area contributed by atoms with Gasteiger partial charge in [-0.05, 0) is 6.42 Å². The Bertz CT molecular complexity index is 583. The van der Waals surface area contributed by atoms with Crippen LogP contribution in [0, 0.1) is 0 Å². The van der Waals surface area contributed by atoms with Crippen molar-refractivity contribution in [2.24, 2.45) is 0 Å². The van der Waals surface area contributed by atoms with Gasteiger partial charge in [-0.25, -0.2) is 13.1 Å². The average molecular weight is 336 g/mol. The molecule has 21 heavy (non-hydrogen) atoms. The van der Waals surface area contributed by atoms with E-state index in [-0.39, 0.29) is 11.7 Å². The number of rotatable bonds is 9. The number of hydrogen-bond donors (Lipinski definition) is 2. The number of nitrogens with zero attached hydrogens (tertiary/aromatic N) is 3. The fraction of sp³-hybridized carbons (Fsp3) is 0.727. The Morgan fingerprint density at radius 3 is 2.62 bits per heavy atom. The first-order chi connectivity index (χ1) is 9.70. The maximum absolute atomic E-state index is 11.0. The van der Waals surface area contributed by atoms with Gasteiger partial charge in [0, 0.05) is 19.0 Å². The van der Waals surface area contributed by atoms with E-state index in [2.05, 4.69) is 14.9 Å². The van der Waals surface area contributed by atoms with E-state index < -0.39 is 16.0 Å². The van der Waals surface area contributed by atoms with Gasteiger partial charge in [-0.3, -0.25) is 4.79 Å². The van der Waals surface area contributed by atoms with Crippen molar-refractivity contribution < 1.29 is 18.3 Å². The zero-order valence-electron chi connectivity index (χ0n) is 12.2. The highest BCUT2D eigenvalue weighted by molar-refractivity contribution is 7.99. The molecular formula is C11H20N4O4S2. The molecule has 1 rings (SSSR count). The monoisotopic (exact) mass is 336 g/mol. The molecule has 0 saturated carbocycles.